The molecule has 14 heavy (non-hydrogen) atoms. The van der Waals surface area contributed by atoms with Crippen molar-refractivity contribution in [3.8, 4) is 0 Å². The van der Waals surface area contributed by atoms with Crippen LogP contribution in [0.15, 0.2) is 20.4 Å². The smallest absolute Gasteiger partial charge is 0.279 e. The first kappa shape index (κ1) is 9.07. The molecule has 0 fully saturated rings. The van der Waals surface area contributed by atoms with Gasteiger partial charge in [0.15, 0.2) is 11.2 Å². The van der Waals surface area contributed by atoms with Gasteiger partial charge >= 0.3 is 5.69 Å². The van der Waals surface area contributed by atoms with Gasteiger partial charge in [0.25, 0.3) is 5.56 Å². The van der Waals surface area contributed by atoms with Crippen LogP contribution < -0.4 is 11.2 Å². The normalized spacial score (nSPS) is 10.7. The first-order chi connectivity index (χ1) is 6.59. The van der Waals surface area contributed by atoms with Gasteiger partial charge in [-0.15, -0.1) is 0 Å². The van der Waals surface area contributed by atoms with Gasteiger partial charge in [-0.05, 0) is 15.9 Å². The van der Waals surface area contributed by atoms with Crippen molar-refractivity contribution in [2.24, 2.45) is 7.05 Å². The third kappa shape index (κ3) is 1.25. The van der Waals surface area contributed by atoms with Crippen LogP contribution in [0.3, 0.4) is 0 Å². The second-order valence-electron chi connectivity index (χ2n) is 2.68. The van der Waals surface area contributed by atoms with Crippen molar-refractivity contribution >= 4 is 27.1 Å². The summed E-state index contributed by atoms with van der Waals surface area (Å²) in [5.41, 5.74) is -0.626. The number of aryl methyl sites for hydroxylation is 1. The lowest BCUT2D eigenvalue weighted by Gasteiger charge is -2.00. The van der Waals surface area contributed by atoms with Crippen molar-refractivity contribution in [2.45, 2.75) is 0 Å². The van der Waals surface area contributed by atoms with Crippen molar-refractivity contribution < 1.29 is 0 Å². The Morgan fingerprint density at radius 2 is 2.21 bits per heavy atom. The van der Waals surface area contributed by atoms with E-state index in [1.807, 2.05) is 0 Å². The molecule has 0 atom stereocenters. The zero-order valence-electron chi connectivity index (χ0n) is 7.11. The molecule has 0 unspecified atom stereocenters. The lowest BCUT2D eigenvalue weighted by atomic mass is 10.5. The molecule has 0 spiro atoms. The Balaban J connectivity index is 3.10. The molecule has 0 aliphatic rings. The fourth-order valence-corrected chi connectivity index (χ4v) is 1.38. The third-order valence-electron chi connectivity index (χ3n) is 1.78. The number of halogens is 1. The highest BCUT2D eigenvalue weighted by atomic mass is 79.9. The standard InChI is InChI=1S/C7H5BrN4O2/c1-12-5-4(6(13)11-7(12)14)10-3(8)2-9-5/h2H,1H3,(H,11,13,14). The minimum absolute atomic E-state index is 0.140. The summed E-state index contributed by atoms with van der Waals surface area (Å²) >= 11 is 3.10. The van der Waals surface area contributed by atoms with Crippen LogP contribution in [0.1, 0.15) is 0 Å². The predicted molar refractivity (Wildman–Crippen MR) is 53.1 cm³/mol. The molecule has 0 radical (unpaired) electrons. The molecular weight excluding hydrogens is 252 g/mol. The monoisotopic (exact) mass is 256 g/mol. The van der Waals surface area contributed by atoms with E-state index in [2.05, 4.69) is 30.9 Å². The Morgan fingerprint density at radius 1 is 1.50 bits per heavy atom. The van der Waals surface area contributed by atoms with E-state index < -0.39 is 11.2 Å². The van der Waals surface area contributed by atoms with E-state index >= 15 is 0 Å². The zero-order valence-corrected chi connectivity index (χ0v) is 8.70. The summed E-state index contributed by atoms with van der Waals surface area (Å²) in [6.45, 7) is 0. The van der Waals surface area contributed by atoms with Gasteiger partial charge in [-0.3, -0.25) is 14.3 Å². The van der Waals surface area contributed by atoms with Gasteiger partial charge < -0.3 is 0 Å². The predicted octanol–water partition coefficient (Wildman–Crippen LogP) is -0.221. The number of nitrogens with one attached hydrogen (secondary N) is 1. The minimum atomic E-state index is -0.531. The van der Waals surface area contributed by atoms with Crippen LogP contribution >= 0.6 is 15.9 Å². The molecule has 0 aliphatic heterocycles. The summed E-state index contributed by atoms with van der Waals surface area (Å²) in [4.78, 5) is 32.5. The average Bonchev–Trinajstić information content (AvgIpc) is 2.14. The number of hydrogen-bond acceptors (Lipinski definition) is 4. The first-order valence-electron chi connectivity index (χ1n) is 3.71. The molecule has 1 N–H and O–H groups in total. The molecule has 0 saturated carbocycles. The molecule has 2 aromatic heterocycles. The van der Waals surface area contributed by atoms with E-state index in [1.54, 1.807) is 0 Å². The fraction of sp³-hybridized carbons (Fsp3) is 0.143. The fourth-order valence-electron chi connectivity index (χ4n) is 1.10. The molecule has 0 aromatic carbocycles. The van der Waals surface area contributed by atoms with Crippen LogP contribution in [0.4, 0.5) is 0 Å². The second-order valence-corrected chi connectivity index (χ2v) is 3.50. The molecular formula is C7H5BrN4O2. The summed E-state index contributed by atoms with van der Waals surface area (Å²) < 4.78 is 1.69. The number of nitrogens with zero attached hydrogens (tertiary/aromatic N) is 3. The first-order valence-corrected chi connectivity index (χ1v) is 4.50. The summed E-state index contributed by atoms with van der Waals surface area (Å²) in [7, 11) is 1.52. The van der Waals surface area contributed by atoms with Crippen LogP contribution in [0.2, 0.25) is 0 Å². The number of aromatic nitrogens is 4. The van der Waals surface area contributed by atoms with Gasteiger partial charge in [-0.1, -0.05) is 0 Å². The van der Waals surface area contributed by atoms with Crippen molar-refractivity contribution in [1.82, 2.24) is 19.5 Å². The second kappa shape index (κ2) is 3.02. The SMILES string of the molecule is Cn1c(=O)[nH]c(=O)c2nc(Br)cnc21. The van der Waals surface area contributed by atoms with Crippen molar-refractivity contribution in [3.63, 3.8) is 0 Å². The van der Waals surface area contributed by atoms with Gasteiger partial charge in [-0.25, -0.2) is 14.8 Å². The van der Waals surface area contributed by atoms with Gasteiger partial charge in [0.1, 0.15) is 4.60 Å². The van der Waals surface area contributed by atoms with E-state index in [4.69, 9.17) is 0 Å². The maximum Gasteiger partial charge on any atom is 0.329 e. The molecule has 0 aliphatic carbocycles. The van der Waals surface area contributed by atoms with Crippen LogP contribution in [-0.4, -0.2) is 19.5 Å². The van der Waals surface area contributed by atoms with E-state index in [0.29, 0.717) is 4.60 Å². The van der Waals surface area contributed by atoms with Crippen LogP contribution in [-0.2, 0) is 7.05 Å². The highest BCUT2D eigenvalue weighted by molar-refractivity contribution is 9.10. The highest BCUT2D eigenvalue weighted by Crippen LogP contribution is 2.06. The molecule has 0 amide bonds. The lowest BCUT2D eigenvalue weighted by molar-refractivity contribution is 0.823. The Hall–Kier alpha value is -1.50. The molecule has 2 heterocycles. The number of hydrogen-bond donors (Lipinski definition) is 1. The van der Waals surface area contributed by atoms with Crippen LogP contribution in [0, 0.1) is 0 Å². The molecule has 0 bridgehead atoms. The molecule has 2 rings (SSSR count). The number of aromatic amines is 1. The number of H-pyrrole nitrogens is 1. The van der Waals surface area contributed by atoms with E-state index in [9.17, 15) is 9.59 Å². The summed E-state index contributed by atoms with van der Waals surface area (Å²) in [6.07, 6.45) is 1.43. The Kier molecular flexibility index (Phi) is 1.95. The molecule has 6 nitrogen and oxygen atoms in total. The van der Waals surface area contributed by atoms with E-state index in [-0.39, 0.29) is 11.2 Å². The molecule has 72 valence electrons. The van der Waals surface area contributed by atoms with Gasteiger partial charge in [0.2, 0.25) is 0 Å². The molecule has 7 heteroatoms. The molecule has 0 saturated heterocycles. The number of rotatable bonds is 0. The van der Waals surface area contributed by atoms with Gasteiger partial charge in [0, 0.05) is 7.05 Å². The van der Waals surface area contributed by atoms with Crippen molar-refractivity contribution in [1.29, 1.82) is 0 Å². The largest absolute Gasteiger partial charge is 0.329 e. The van der Waals surface area contributed by atoms with Crippen LogP contribution in [0.5, 0.6) is 0 Å². The zero-order chi connectivity index (χ0) is 10.3. The minimum Gasteiger partial charge on any atom is -0.279 e. The third-order valence-corrected chi connectivity index (χ3v) is 2.16. The summed E-state index contributed by atoms with van der Waals surface area (Å²) in [5, 5.41) is 0. The summed E-state index contributed by atoms with van der Waals surface area (Å²) in [5.74, 6) is 0. The highest BCUT2D eigenvalue weighted by Gasteiger charge is 2.06. The lowest BCUT2D eigenvalue weighted by Crippen LogP contribution is -2.29. The topological polar surface area (TPSA) is 80.6 Å². The Bertz CT molecular complexity index is 615. The van der Waals surface area contributed by atoms with Crippen molar-refractivity contribution in [3.05, 3.63) is 31.6 Å². The maximum absolute atomic E-state index is 11.3. The van der Waals surface area contributed by atoms with Gasteiger partial charge in [0.05, 0.1) is 6.20 Å². The number of fused-ring (bicyclic) bond motifs is 1. The Labute approximate surface area is 85.8 Å². The van der Waals surface area contributed by atoms with Crippen LogP contribution in [0.25, 0.3) is 11.2 Å². The average molecular weight is 257 g/mol. The quantitative estimate of drug-likeness (QED) is 0.707. The Morgan fingerprint density at radius 3 is 2.93 bits per heavy atom. The maximum atomic E-state index is 11.3. The molecule has 2 aromatic rings. The van der Waals surface area contributed by atoms with Crippen molar-refractivity contribution in [2.75, 3.05) is 0 Å². The summed E-state index contributed by atoms with van der Waals surface area (Å²) in [6, 6.07) is 0. The van der Waals surface area contributed by atoms with E-state index in [0.717, 1.165) is 0 Å². The van der Waals surface area contributed by atoms with E-state index in [1.165, 1.54) is 17.8 Å². The van der Waals surface area contributed by atoms with Gasteiger partial charge in [-0.2, -0.15) is 0 Å².